The second-order valence-corrected chi connectivity index (χ2v) is 5.00. The number of aryl methyl sites for hydroxylation is 1. The van der Waals surface area contributed by atoms with Gasteiger partial charge in [-0.25, -0.2) is 4.39 Å². The van der Waals surface area contributed by atoms with E-state index in [-0.39, 0.29) is 18.1 Å². The van der Waals surface area contributed by atoms with Crippen molar-refractivity contribution >= 4 is 21.6 Å². The number of hydrogen-bond acceptors (Lipinski definition) is 3. The summed E-state index contributed by atoms with van der Waals surface area (Å²) < 4.78 is 19.2. The second-order valence-electron chi connectivity index (χ2n) is 4.21. The van der Waals surface area contributed by atoms with E-state index in [4.69, 9.17) is 4.74 Å². The summed E-state index contributed by atoms with van der Waals surface area (Å²) in [5, 5.41) is 10.8. The number of hydrogen-bond donors (Lipinski definition) is 0. The van der Waals surface area contributed by atoms with E-state index < -0.39 is 4.92 Å². The zero-order valence-corrected chi connectivity index (χ0v) is 12.2. The van der Waals surface area contributed by atoms with Crippen LogP contribution in [-0.4, -0.2) is 4.92 Å². The van der Waals surface area contributed by atoms with Crippen molar-refractivity contribution < 1.29 is 14.1 Å². The van der Waals surface area contributed by atoms with Crippen LogP contribution in [0.1, 0.15) is 11.1 Å². The van der Waals surface area contributed by atoms with Gasteiger partial charge < -0.3 is 4.74 Å². The maximum absolute atomic E-state index is 13.4. The maximum atomic E-state index is 13.4. The average molecular weight is 340 g/mol. The maximum Gasteiger partial charge on any atom is 0.283 e. The molecule has 104 valence electrons. The van der Waals surface area contributed by atoms with E-state index in [0.717, 1.165) is 0 Å². The van der Waals surface area contributed by atoms with Crippen LogP contribution in [-0.2, 0) is 6.61 Å². The van der Waals surface area contributed by atoms with Crippen molar-refractivity contribution in [2.45, 2.75) is 13.5 Å². The Bertz CT molecular complexity index is 661. The molecule has 4 nitrogen and oxygen atoms in total. The molecule has 2 aromatic carbocycles. The Kier molecular flexibility index (Phi) is 4.34. The highest BCUT2D eigenvalue weighted by Gasteiger charge is 2.15. The summed E-state index contributed by atoms with van der Waals surface area (Å²) in [6.45, 7) is 1.78. The van der Waals surface area contributed by atoms with Gasteiger partial charge in [-0.05, 0) is 34.5 Å². The molecule has 0 saturated heterocycles. The van der Waals surface area contributed by atoms with Crippen LogP contribution in [0.25, 0.3) is 0 Å². The highest BCUT2D eigenvalue weighted by molar-refractivity contribution is 9.10. The Labute approximate surface area is 123 Å². The molecule has 0 heterocycles. The summed E-state index contributed by atoms with van der Waals surface area (Å²) in [5.41, 5.74) is 1.13. The molecule has 0 aliphatic carbocycles. The number of rotatable bonds is 4. The summed E-state index contributed by atoms with van der Waals surface area (Å²) in [7, 11) is 0. The van der Waals surface area contributed by atoms with Crippen LogP contribution in [0.2, 0.25) is 0 Å². The monoisotopic (exact) mass is 339 g/mol. The van der Waals surface area contributed by atoms with Crippen molar-refractivity contribution in [3.8, 4) is 5.75 Å². The third-order valence-corrected chi connectivity index (χ3v) is 3.71. The number of nitro groups is 1. The van der Waals surface area contributed by atoms with Crippen molar-refractivity contribution in [1.29, 1.82) is 0 Å². The van der Waals surface area contributed by atoms with E-state index in [2.05, 4.69) is 15.9 Å². The van der Waals surface area contributed by atoms with E-state index in [9.17, 15) is 14.5 Å². The van der Waals surface area contributed by atoms with Crippen LogP contribution in [0.5, 0.6) is 5.75 Å². The predicted octanol–water partition coefficient (Wildman–Crippen LogP) is 4.38. The molecular weight excluding hydrogens is 329 g/mol. The van der Waals surface area contributed by atoms with Crippen LogP contribution in [0.4, 0.5) is 10.1 Å². The number of nitro benzene ring substituents is 1. The Balaban J connectivity index is 2.17. The van der Waals surface area contributed by atoms with Gasteiger partial charge >= 0.3 is 0 Å². The summed E-state index contributed by atoms with van der Waals surface area (Å²) in [4.78, 5) is 10.3. The lowest BCUT2D eigenvalue weighted by Gasteiger charge is -2.09. The molecule has 0 bridgehead atoms. The lowest BCUT2D eigenvalue weighted by atomic mass is 10.2. The van der Waals surface area contributed by atoms with Crippen molar-refractivity contribution in [3.63, 3.8) is 0 Å². The normalized spacial score (nSPS) is 10.3. The Morgan fingerprint density at radius 3 is 2.75 bits per heavy atom. The highest BCUT2D eigenvalue weighted by atomic mass is 79.9. The van der Waals surface area contributed by atoms with Gasteiger partial charge in [-0.3, -0.25) is 10.1 Å². The summed E-state index contributed by atoms with van der Waals surface area (Å²) >= 11 is 3.19. The minimum atomic E-state index is -0.473. The van der Waals surface area contributed by atoms with Crippen molar-refractivity contribution in [1.82, 2.24) is 0 Å². The molecule has 6 heteroatoms. The molecule has 0 fully saturated rings. The first-order chi connectivity index (χ1) is 9.49. The van der Waals surface area contributed by atoms with Crippen molar-refractivity contribution in [3.05, 3.63) is 67.9 Å². The summed E-state index contributed by atoms with van der Waals surface area (Å²) in [5.74, 6) is 0.0344. The Morgan fingerprint density at radius 1 is 1.35 bits per heavy atom. The first kappa shape index (κ1) is 14.5. The van der Waals surface area contributed by atoms with E-state index in [1.807, 2.05) is 0 Å². The van der Waals surface area contributed by atoms with Crippen LogP contribution < -0.4 is 4.74 Å². The third-order valence-electron chi connectivity index (χ3n) is 2.79. The topological polar surface area (TPSA) is 52.4 Å². The van der Waals surface area contributed by atoms with E-state index in [1.54, 1.807) is 31.2 Å². The van der Waals surface area contributed by atoms with E-state index >= 15 is 0 Å². The first-order valence-corrected chi connectivity index (χ1v) is 6.59. The second kappa shape index (κ2) is 6.00. The third kappa shape index (κ3) is 3.14. The minimum absolute atomic E-state index is 0.0267. The lowest BCUT2D eigenvalue weighted by molar-refractivity contribution is -0.385. The van der Waals surface area contributed by atoms with Gasteiger partial charge in [0.25, 0.3) is 5.69 Å². The molecule has 0 radical (unpaired) electrons. The molecule has 2 aromatic rings. The standard InChI is InChI=1S/C14H11BrFNO3/c1-9-5-6-11(7-12(9)16)20-8-10-3-2-4-13(14(10)15)17(18)19/h2-7H,8H2,1H3. The number of benzene rings is 2. The fraction of sp³-hybridized carbons (Fsp3) is 0.143. The molecule has 2 rings (SSSR count). The molecule has 0 spiro atoms. The predicted molar refractivity (Wildman–Crippen MR) is 76.3 cm³/mol. The lowest BCUT2D eigenvalue weighted by Crippen LogP contribution is -1.99. The van der Waals surface area contributed by atoms with Gasteiger partial charge in [-0.15, -0.1) is 0 Å². The molecule has 0 aliphatic heterocycles. The Hall–Kier alpha value is -1.95. The van der Waals surface area contributed by atoms with Gasteiger partial charge in [0.1, 0.15) is 22.6 Å². The quantitative estimate of drug-likeness (QED) is 0.613. The van der Waals surface area contributed by atoms with Crippen LogP contribution in [0.3, 0.4) is 0 Å². The highest BCUT2D eigenvalue weighted by Crippen LogP contribution is 2.29. The first-order valence-electron chi connectivity index (χ1n) is 5.80. The van der Waals surface area contributed by atoms with Gasteiger partial charge in [0.05, 0.1) is 4.92 Å². The number of ether oxygens (including phenoxy) is 1. The molecule has 0 aliphatic rings. The van der Waals surface area contributed by atoms with Gasteiger partial charge in [0.15, 0.2) is 0 Å². The zero-order valence-electron chi connectivity index (χ0n) is 10.6. The fourth-order valence-corrected chi connectivity index (χ4v) is 2.17. The van der Waals surface area contributed by atoms with Gasteiger partial charge in [0, 0.05) is 17.7 Å². The molecule has 0 saturated carbocycles. The molecule has 20 heavy (non-hydrogen) atoms. The molecule has 0 N–H and O–H groups in total. The fourth-order valence-electron chi connectivity index (χ4n) is 1.64. The largest absolute Gasteiger partial charge is 0.489 e. The van der Waals surface area contributed by atoms with Gasteiger partial charge in [-0.2, -0.15) is 0 Å². The van der Waals surface area contributed by atoms with Gasteiger partial charge in [-0.1, -0.05) is 18.2 Å². The Morgan fingerprint density at radius 2 is 2.10 bits per heavy atom. The van der Waals surface area contributed by atoms with Crippen molar-refractivity contribution in [2.24, 2.45) is 0 Å². The smallest absolute Gasteiger partial charge is 0.283 e. The molecule has 0 atom stereocenters. The number of nitrogens with zero attached hydrogens (tertiary/aromatic N) is 1. The molecule has 0 amide bonds. The summed E-state index contributed by atoms with van der Waals surface area (Å²) in [6, 6.07) is 9.26. The SMILES string of the molecule is Cc1ccc(OCc2cccc([N+](=O)[O-])c2Br)cc1F. The van der Waals surface area contributed by atoms with Crippen molar-refractivity contribution in [2.75, 3.05) is 0 Å². The molecular formula is C14H11BrFNO3. The van der Waals surface area contributed by atoms with E-state index in [0.29, 0.717) is 21.3 Å². The van der Waals surface area contributed by atoms with Gasteiger partial charge in [0.2, 0.25) is 0 Å². The van der Waals surface area contributed by atoms with Crippen LogP contribution in [0, 0.1) is 22.9 Å². The van der Waals surface area contributed by atoms with Crippen LogP contribution in [0.15, 0.2) is 40.9 Å². The molecule has 0 aromatic heterocycles. The average Bonchev–Trinajstić information content (AvgIpc) is 2.41. The minimum Gasteiger partial charge on any atom is -0.489 e. The van der Waals surface area contributed by atoms with Crippen LogP contribution >= 0.6 is 15.9 Å². The summed E-state index contributed by atoms with van der Waals surface area (Å²) in [6.07, 6.45) is 0. The molecule has 0 unspecified atom stereocenters. The zero-order chi connectivity index (χ0) is 14.7. The van der Waals surface area contributed by atoms with E-state index in [1.165, 1.54) is 12.1 Å². The number of halogens is 2.